The lowest BCUT2D eigenvalue weighted by Gasteiger charge is -2.11. The van der Waals surface area contributed by atoms with Crippen molar-refractivity contribution in [2.45, 2.75) is 25.3 Å². The first kappa shape index (κ1) is 13.9. The van der Waals surface area contributed by atoms with Crippen molar-refractivity contribution in [3.05, 3.63) is 39.7 Å². The van der Waals surface area contributed by atoms with Crippen molar-refractivity contribution >= 4 is 18.1 Å². The molecule has 0 spiro atoms. The number of nitro benzene ring substituents is 1. The number of nitrogens with two attached hydrogens (primary N) is 1. The zero-order valence-electron chi connectivity index (χ0n) is 9.14. The molecule has 0 unspecified atom stereocenters. The van der Waals surface area contributed by atoms with E-state index in [-0.39, 0.29) is 23.7 Å². The van der Waals surface area contributed by atoms with Crippen molar-refractivity contribution in [2.75, 3.05) is 0 Å². The highest BCUT2D eigenvalue weighted by atomic mass is 35.5. The number of benzene rings is 1. The normalized spacial score (nSPS) is 16.1. The number of nitro groups is 1. The number of nitrogens with zero attached hydrogens (tertiary/aromatic N) is 1. The SMILES string of the molecule is Cl.N[C@@H](CC1CC1)c1cc([N+](=O)[O-])ccc1F. The summed E-state index contributed by atoms with van der Waals surface area (Å²) in [6, 6.07) is 3.07. The van der Waals surface area contributed by atoms with E-state index in [2.05, 4.69) is 0 Å². The van der Waals surface area contributed by atoms with E-state index in [1.165, 1.54) is 6.07 Å². The van der Waals surface area contributed by atoms with Gasteiger partial charge in [0.1, 0.15) is 5.82 Å². The van der Waals surface area contributed by atoms with Crippen LogP contribution in [0.1, 0.15) is 30.9 Å². The molecular formula is C11H14ClFN2O2. The van der Waals surface area contributed by atoms with E-state index in [1.54, 1.807) is 0 Å². The lowest BCUT2D eigenvalue weighted by atomic mass is 10.0. The molecule has 0 heterocycles. The molecule has 0 radical (unpaired) electrons. The van der Waals surface area contributed by atoms with Crippen LogP contribution in [0.25, 0.3) is 0 Å². The molecule has 1 aliphatic carbocycles. The monoisotopic (exact) mass is 260 g/mol. The van der Waals surface area contributed by atoms with Crippen molar-refractivity contribution in [3.8, 4) is 0 Å². The average molecular weight is 261 g/mol. The quantitative estimate of drug-likeness (QED) is 0.668. The van der Waals surface area contributed by atoms with Crippen LogP contribution in [0.15, 0.2) is 18.2 Å². The van der Waals surface area contributed by atoms with Crippen LogP contribution in [-0.4, -0.2) is 4.92 Å². The van der Waals surface area contributed by atoms with E-state index in [0.29, 0.717) is 12.3 Å². The van der Waals surface area contributed by atoms with Gasteiger partial charge in [0.2, 0.25) is 0 Å². The van der Waals surface area contributed by atoms with Gasteiger partial charge in [-0.1, -0.05) is 12.8 Å². The maximum absolute atomic E-state index is 13.5. The highest BCUT2D eigenvalue weighted by Crippen LogP contribution is 2.37. The summed E-state index contributed by atoms with van der Waals surface area (Å²) in [7, 11) is 0. The molecule has 1 fully saturated rings. The molecular weight excluding hydrogens is 247 g/mol. The molecule has 1 atom stereocenters. The lowest BCUT2D eigenvalue weighted by molar-refractivity contribution is -0.385. The van der Waals surface area contributed by atoms with Crippen molar-refractivity contribution in [2.24, 2.45) is 11.7 Å². The minimum atomic E-state index is -0.535. The highest BCUT2D eigenvalue weighted by molar-refractivity contribution is 5.85. The summed E-state index contributed by atoms with van der Waals surface area (Å²) in [5.74, 6) is 0.104. The second-order valence-corrected chi connectivity index (χ2v) is 4.25. The highest BCUT2D eigenvalue weighted by Gasteiger charge is 2.26. The van der Waals surface area contributed by atoms with E-state index in [1.807, 2.05) is 0 Å². The van der Waals surface area contributed by atoms with Gasteiger partial charge in [0.15, 0.2) is 0 Å². The Kier molecular flexibility index (Phi) is 4.42. The van der Waals surface area contributed by atoms with Crippen LogP contribution < -0.4 is 5.73 Å². The van der Waals surface area contributed by atoms with Crippen LogP contribution in [0.5, 0.6) is 0 Å². The molecule has 1 saturated carbocycles. The molecule has 0 bridgehead atoms. The van der Waals surface area contributed by atoms with Gasteiger partial charge in [-0.2, -0.15) is 0 Å². The molecule has 1 aromatic carbocycles. The standard InChI is InChI=1S/C11H13FN2O2.ClH/c12-10-4-3-8(14(15)16)6-9(10)11(13)5-7-1-2-7;/h3-4,6-7,11H,1-2,5,13H2;1H/t11-;/m0./s1. The van der Waals surface area contributed by atoms with Gasteiger partial charge in [-0.3, -0.25) is 10.1 Å². The third-order valence-electron chi connectivity index (χ3n) is 2.87. The maximum atomic E-state index is 13.5. The fraction of sp³-hybridized carbons (Fsp3) is 0.455. The molecule has 0 aromatic heterocycles. The molecule has 1 aliphatic rings. The van der Waals surface area contributed by atoms with Gasteiger partial charge in [0, 0.05) is 23.7 Å². The Morgan fingerprint density at radius 1 is 1.53 bits per heavy atom. The van der Waals surface area contributed by atoms with E-state index in [0.717, 1.165) is 25.0 Å². The number of hydrogen-bond acceptors (Lipinski definition) is 3. The van der Waals surface area contributed by atoms with Gasteiger partial charge in [0.25, 0.3) is 5.69 Å². The largest absolute Gasteiger partial charge is 0.324 e. The first-order valence-electron chi connectivity index (χ1n) is 5.27. The van der Waals surface area contributed by atoms with Crippen molar-refractivity contribution in [3.63, 3.8) is 0 Å². The molecule has 2 N–H and O–H groups in total. The summed E-state index contributed by atoms with van der Waals surface area (Å²) in [5.41, 5.74) is 5.99. The Labute approximate surface area is 105 Å². The molecule has 0 saturated heterocycles. The van der Waals surface area contributed by atoms with Crippen molar-refractivity contribution in [1.29, 1.82) is 0 Å². The Morgan fingerprint density at radius 2 is 2.18 bits per heavy atom. The minimum Gasteiger partial charge on any atom is -0.324 e. The molecule has 6 heteroatoms. The summed E-state index contributed by atoms with van der Waals surface area (Å²) in [5, 5.41) is 10.6. The molecule has 1 aromatic rings. The van der Waals surface area contributed by atoms with Crippen LogP contribution in [-0.2, 0) is 0 Å². The molecule has 17 heavy (non-hydrogen) atoms. The molecule has 0 aliphatic heterocycles. The van der Waals surface area contributed by atoms with Crippen molar-refractivity contribution in [1.82, 2.24) is 0 Å². The molecule has 2 rings (SSSR count). The van der Waals surface area contributed by atoms with Crippen LogP contribution in [0.3, 0.4) is 0 Å². The van der Waals surface area contributed by atoms with E-state index < -0.39 is 16.8 Å². The predicted octanol–water partition coefficient (Wildman–Crippen LogP) is 2.96. The summed E-state index contributed by atoms with van der Waals surface area (Å²) in [4.78, 5) is 10.0. The zero-order chi connectivity index (χ0) is 11.7. The zero-order valence-corrected chi connectivity index (χ0v) is 9.95. The maximum Gasteiger partial charge on any atom is 0.269 e. The van der Waals surface area contributed by atoms with Gasteiger partial charge in [0.05, 0.1) is 4.92 Å². The van der Waals surface area contributed by atoms with Crippen LogP contribution >= 0.6 is 12.4 Å². The molecule has 0 amide bonds. The summed E-state index contributed by atoms with van der Waals surface area (Å²) in [6.07, 6.45) is 2.96. The smallest absolute Gasteiger partial charge is 0.269 e. The number of non-ortho nitro benzene ring substituents is 1. The Hall–Kier alpha value is -1.20. The summed E-state index contributed by atoms with van der Waals surface area (Å²) < 4.78 is 13.5. The average Bonchev–Trinajstić information content (AvgIpc) is 3.01. The Bertz CT molecular complexity index is 424. The second kappa shape index (κ2) is 5.42. The Balaban J connectivity index is 0.00000144. The van der Waals surface area contributed by atoms with E-state index in [4.69, 9.17) is 5.73 Å². The summed E-state index contributed by atoms with van der Waals surface area (Å²) >= 11 is 0. The summed E-state index contributed by atoms with van der Waals surface area (Å²) in [6.45, 7) is 0. The van der Waals surface area contributed by atoms with Crippen LogP contribution in [0, 0.1) is 21.8 Å². The van der Waals surface area contributed by atoms with E-state index in [9.17, 15) is 14.5 Å². The molecule has 94 valence electrons. The minimum absolute atomic E-state index is 0. The third-order valence-corrected chi connectivity index (χ3v) is 2.87. The van der Waals surface area contributed by atoms with Gasteiger partial charge >= 0.3 is 0 Å². The lowest BCUT2D eigenvalue weighted by Crippen LogP contribution is -2.13. The fourth-order valence-electron chi connectivity index (χ4n) is 1.77. The van der Waals surface area contributed by atoms with Gasteiger partial charge in [-0.15, -0.1) is 12.4 Å². The molecule has 4 nitrogen and oxygen atoms in total. The van der Waals surface area contributed by atoms with Crippen molar-refractivity contribution < 1.29 is 9.31 Å². The first-order valence-corrected chi connectivity index (χ1v) is 5.27. The van der Waals surface area contributed by atoms with E-state index >= 15 is 0 Å². The first-order chi connectivity index (χ1) is 7.58. The third kappa shape index (κ3) is 3.38. The number of rotatable bonds is 4. The topological polar surface area (TPSA) is 69.2 Å². The second-order valence-electron chi connectivity index (χ2n) is 4.25. The predicted molar refractivity (Wildman–Crippen MR) is 64.6 cm³/mol. The van der Waals surface area contributed by atoms with Gasteiger partial charge < -0.3 is 5.73 Å². The van der Waals surface area contributed by atoms with Crippen LogP contribution in [0.2, 0.25) is 0 Å². The van der Waals surface area contributed by atoms with Gasteiger partial charge in [-0.25, -0.2) is 4.39 Å². The van der Waals surface area contributed by atoms with Crippen LogP contribution in [0.4, 0.5) is 10.1 Å². The number of halogens is 2. The fourth-order valence-corrected chi connectivity index (χ4v) is 1.77. The Morgan fingerprint density at radius 3 is 2.71 bits per heavy atom. The number of hydrogen-bond donors (Lipinski definition) is 1. The van der Waals surface area contributed by atoms with Gasteiger partial charge in [-0.05, 0) is 18.4 Å².